The number of nitrogens with one attached hydrogen (secondary N) is 1. The van der Waals surface area contributed by atoms with Gasteiger partial charge in [-0.2, -0.15) is 0 Å². The maximum Gasteiger partial charge on any atom is 0.0309 e. The number of hydrogen-bond acceptors (Lipinski definition) is 3. The Kier molecular flexibility index (Phi) is 3.36. The van der Waals surface area contributed by atoms with Gasteiger partial charge in [-0.3, -0.25) is 9.80 Å². The zero-order valence-corrected chi connectivity index (χ0v) is 13.3. The number of piperazine rings is 1. The van der Waals surface area contributed by atoms with Gasteiger partial charge in [0.1, 0.15) is 0 Å². The van der Waals surface area contributed by atoms with Gasteiger partial charge >= 0.3 is 0 Å². The van der Waals surface area contributed by atoms with E-state index in [-0.39, 0.29) is 0 Å². The van der Waals surface area contributed by atoms with Crippen LogP contribution in [0.25, 0.3) is 0 Å². The third-order valence-corrected chi connectivity index (χ3v) is 6.67. The molecule has 20 heavy (non-hydrogen) atoms. The minimum Gasteiger partial charge on any atom is -0.308 e. The zero-order chi connectivity index (χ0) is 13.7. The summed E-state index contributed by atoms with van der Waals surface area (Å²) in [4.78, 5) is 5.71. The van der Waals surface area contributed by atoms with Crippen LogP contribution in [0.3, 0.4) is 0 Å². The molecule has 0 radical (unpaired) electrons. The Morgan fingerprint density at radius 2 is 1.95 bits per heavy atom. The molecule has 0 aromatic heterocycles. The fraction of sp³-hybridized carbons (Fsp3) is 1.00. The van der Waals surface area contributed by atoms with E-state index in [4.69, 9.17) is 0 Å². The van der Waals surface area contributed by atoms with Crippen LogP contribution in [-0.4, -0.2) is 59.6 Å². The van der Waals surface area contributed by atoms with Gasteiger partial charge in [0.15, 0.2) is 0 Å². The second kappa shape index (κ2) is 4.96. The lowest BCUT2D eigenvalue weighted by atomic mass is 9.88. The Morgan fingerprint density at radius 1 is 1.10 bits per heavy atom. The van der Waals surface area contributed by atoms with Crippen molar-refractivity contribution >= 4 is 0 Å². The monoisotopic (exact) mass is 277 g/mol. The molecule has 0 amide bonds. The molecule has 0 spiro atoms. The van der Waals surface area contributed by atoms with Crippen molar-refractivity contribution in [2.24, 2.45) is 5.92 Å². The molecule has 4 atom stereocenters. The summed E-state index contributed by atoms with van der Waals surface area (Å²) in [6.45, 7) is 10.1. The summed E-state index contributed by atoms with van der Waals surface area (Å²) >= 11 is 0. The van der Waals surface area contributed by atoms with Gasteiger partial charge in [-0.25, -0.2) is 0 Å². The van der Waals surface area contributed by atoms with E-state index in [0.717, 1.165) is 24.0 Å². The van der Waals surface area contributed by atoms with E-state index in [0.29, 0.717) is 5.54 Å². The smallest absolute Gasteiger partial charge is 0.0309 e. The second-order valence-corrected chi connectivity index (χ2v) is 7.91. The molecule has 0 bridgehead atoms. The van der Waals surface area contributed by atoms with Crippen LogP contribution in [0, 0.1) is 5.92 Å². The van der Waals surface area contributed by atoms with E-state index < -0.39 is 0 Å². The van der Waals surface area contributed by atoms with Crippen LogP contribution in [0.1, 0.15) is 52.4 Å². The molecule has 3 saturated heterocycles. The largest absolute Gasteiger partial charge is 0.308 e. The predicted molar refractivity (Wildman–Crippen MR) is 82.9 cm³/mol. The van der Waals surface area contributed by atoms with Crippen LogP contribution in [0.15, 0.2) is 0 Å². The molecule has 1 aliphatic carbocycles. The number of fused-ring (bicyclic) bond motifs is 1. The Balaban J connectivity index is 1.53. The van der Waals surface area contributed by atoms with E-state index >= 15 is 0 Å². The average molecular weight is 277 g/mol. The molecule has 1 N–H and O–H groups in total. The first-order chi connectivity index (χ1) is 9.71. The summed E-state index contributed by atoms with van der Waals surface area (Å²) < 4.78 is 0. The molecule has 3 nitrogen and oxygen atoms in total. The van der Waals surface area contributed by atoms with Crippen LogP contribution in [0.2, 0.25) is 0 Å². The van der Waals surface area contributed by atoms with Crippen molar-refractivity contribution in [3.8, 4) is 0 Å². The molecule has 0 aromatic carbocycles. The first-order valence-electron chi connectivity index (χ1n) is 8.96. The molecular weight excluding hydrogens is 246 g/mol. The van der Waals surface area contributed by atoms with Gasteiger partial charge in [-0.15, -0.1) is 0 Å². The van der Waals surface area contributed by atoms with Gasteiger partial charge in [0.2, 0.25) is 0 Å². The first-order valence-corrected chi connectivity index (χ1v) is 8.96. The van der Waals surface area contributed by atoms with Crippen molar-refractivity contribution in [1.82, 2.24) is 15.1 Å². The van der Waals surface area contributed by atoms with E-state index in [1.54, 1.807) is 0 Å². The minimum absolute atomic E-state index is 0.400. The Labute approximate surface area is 124 Å². The van der Waals surface area contributed by atoms with Crippen LogP contribution >= 0.6 is 0 Å². The summed E-state index contributed by atoms with van der Waals surface area (Å²) in [6, 6.07) is 2.50. The summed E-state index contributed by atoms with van der Waals surface area (Å²) in [5.41, 5.74) is 0.400. The number of hydrogen-bond donors (Lipinski definition) is 1. The molecule has 4 aliphatic rings. The summed E-state index contributed by atoms with van der Waals surface area (Å²) in [6.07, 6.45) is 8.51. The second-order valence-electron chi connectivity index (χ2n) is 7.91. The van der Waals surface area contributed by atoms with E-state index in [1.807, 2.05) is 0 Å². The fourth-order valence-electron chi connectivity index (χ4n) is 5.24. The molecule has 3 heterocycles. The number of nitrogens with zero attached hydrogens (tertiary/aromatic N) is 2. The standard InChI is InChI=1S/C17H31N3/c1-3-14-11-18-17(2,13-6-7-13)12-20(14)16-8-10-19-9-4-5-15(16)19/h13-16,18H,3-12H2,1-2H3. The van der Waals surface area contributed by atoms with Gasteiger partial charge in [0.25, 0.3) is 0 Å². The third-order valence-electron chi connectivity index (χ3n) is 6.67. The van der Waals surface area contributed by atoms with Gasteiger partial charge in [0.05, 0.1) is 0 Å². The third kappa shape index (κ3) is 2.13. The van der Waals surface area contributed by atoms with Crippen LogP contribution < -0.4 is 5.32 Å². The maximum atomic E-state index is 3.92. The summed E-state index contributed by atoms with van der Waals surface area (Å²) in [5.74, 6) is 0.948. The van der Waals surface area contributed by atoms with Crippen LogP contribution in [0.5, 0.6) is 0 Å². The van der Waals surface area contributed by atoms with E-state index in [2.05, 4.69) is 29.0 Å². The maximum absolute atomic E-state index is 3.92. The Hall–Kier alpha value is -0.120. The molecule has 4 rings (SSSR count). The SMILES string of the molecule is CCC1CNC(C)(C2CC2)CN1C1CCN2CCCC12. The zero-order valence-electron chi connectivity index (χ0n) is 13.3. The summed E-state index contributed by atoms with van der Waals surface area (Å²) in [7, 11) is 0. The lowest BCUT2D eigenvalue weighted by Crippen LogP contribution is -2.66. The highest BCUT2D eigenvalue weighted by Crippen LogP contribution is 2.43. The van der Waals surface area contributed by atoms with Gasteiger partial charge in [-0.05, 0) is 57.9 Å². The van der Waals surface area contributed by atoms with E-state index in [9.17, 15) is 0 Å². The fourth-order valence-corrected chi connectivity index (χ4v) is 5.24. The Bertz CT molecular complexity index is 367. The van der Waals surface area contributed by atoms with Gasteiger partial charge in [-0.1, -0.05) is 6.92 Å². The predicted octanol–water partition coefficient (Wildman–Crippen LogP) is 2.08. The molecule has 4 unspecified atom stereocenters. The molecule has 4 fully saturated rings. The van der Waals surface area contributed by atoms with E-state index in [1.165, 1.54) is 64.7 Å². The molecule has 3 heteroatoms. The quantitative estimate of drug-likeness (QED) is 0.852. The topological polar surface area (TPSA) is 18.5 Å². The summed E-state index contributed by atoms with van der Waals surface area (Å²) in [5, 5.41) is 3.92. The van der Waals surface area contributed by atoms with Crippen LogP contribution in [0.4, 0.5) is 0 Å². The van der Waals surface area contributed by atoms with Crippen molar-refractivity contribution in [1.29, 1.82) is 0 Å². The highest BCUT2D eigenvalue weighted by Gasteiger charge is 2.50. The molecule has 3 aliphatic heterocycles. The number of rotatable bonds is 3. The van der Waals surface area contributed by atoms with Gasteiger partial charge < -0.3 is 5.32 Å². The Morgan fingerprint density at radius 3 is 2.70 bits per heavy atom. The van der Waals surface area contributed by atoms with Gasteiger partial charge in [0, 0.05) is 43.3 Å². The van der Waals surface area contributed by atoms with Crippen molar-refractivity contribution in [3.05, 3.63) is 0 Å². The lowest BCUT2D eigenvalue weighted by molar-refractivity contribution is 0.0267. The van der Waals surface area contributed by atoms with Crippen molar-refractivity contribution < 1.29 is 0 Å². The minimum atomic E-state index is 0.400. The lowest BCUT2D eigenvalue weighted by Gasteiger charge is -2.50. The first kappa shape index (κ1) is 13.5. The highest BCUT2D eigenvalue weighted by atomic mass is 15.3. The molecular formula is C17H31N3. The van der Waals surface area contributed by atoms with Crippen molar-refractivity contribution in [3.63, 3.8) is 0 Å². The highest BCUT2D eigenvalue weighted by molar-refractivity contribution is 5.08. The van der Waals surface area contributed by atoms with Crippen molar-refractivity contribution in [2.45, 2.75) is 76.0 Å². The molecule has 0 aromatic rings. The average Bonchev–Trinajstić information content (AvgIpc) is 3.09. The van der Waals surface area contributed by atoms with Crippen LogP contribution in [-0.2, 0) is 0 Å². The molecule has 1 saturated carbocycles. The molecule has 114 valence electrons. The van der Waals surface area contributed by atoms with Crippen molar-refractivity contribution in [2.75, 3.05) is 26.2 Å². The normalized spacial score (nSPS) is 46.8.